The third-order valence-electron chi connectivity index (χ3n) is 8.45. The minimum Gasteiger partial charge on any atom is -0.489 e. The highest BCUT2D eigenvalue weighted by Gasteiger charge is 2.46. The predicted molar refractivity (Wildman–Crippen MR) is 170 cm³/mol. The SMILES string of the molecule is Cc1cc(C)c(C2C(C#N)=C(N)N(c3cc(C(F)(F)F)ccc3Cl)C3=C2C(=O)CC(C)(C)C3)cc1COc1ccc(Cl)cc1C. The maximum Gasteiger partial charge on any atom is 0.416 e. The number of Topliss-reactive ketones (excluding diaryl/α,β-unsaturated/α-hetero) is 1. The van der Waals surface area contributed by atoms with E-state index in [1.165, 1.54) is 4.90 Å². The van der Waals surface area contributed by atoms with Gasteiger partial charge in [0.25, 0.3) is 0 Å². The van der Waals surface area contributed by atoms with E-state index in [9.17, 15) is 23.2 Å². The highest BCUT2D eigenvalue weighted by atomic mass is 35.5. The van der Waals surface area contributed by atoms with Crippen LogP contribution >= 0.6 is 23.2 Å². The number of anilines is 1. The smallest absolute Gasteiger partial charge is 0.416 e. The molecule has 0 spiro atoms. The van der Waals surface area contributed by atoms with Crippen molar-refractivity contribution >= 4 is 34.7 Å². The molecular weight excluding hydrogens is 622 g/mol. The first kappa shape index (κ1) is 32.5. The summed E-state index contributed by atoms with van der Waals surface area (Å²) in [6, 6.07) is 14.4. The zero-order valence-electron chi connectivity index (χ0n) is 25.5. The van der Waals surface area contributed by atoms with Crippen LogP contribution < -0.4 is 15.4 Å². The van der Waals surface area contributed by atoms with Crippen molar-refractivity contribution < 1.29 is 22.7 Å². The van der Waals surface area contributed by atoms with Crippen LogP contribution in [0, 0.1) is 37.5 Å². The molecule has 0 fully saturated rings. The van der Waals surface area contributed by atoms with Crippen molar-refractivity contribution in [2.45, 2.75) is 66.2 Å². The lowest BCUT2D eigenvalue weighted by Crippen LogP contribution is -2.42. The number of hydrogen-bond acceptors (Lipinski definition) is 5. The van der Waals surface area contributed by atoms with Gasteiger partial charge < -0.3 is 10.5 Å². The van der Waals surface area contributed by atoms with Gasteiger partial charge in [-0.2, -0.15) is 18.4 Å². The van der Waals surface area contributed by atoms with E-state index in [0.717, 1.165) is 40.5 Å². The summed E-state index contributed by atoms with van der Waals surface area (Å²) in [4.78, 5) is 15.4. The number of nitrogens with zero attached hydrogens (tertiary/aromatic N) is 2. The quantitative estimate of drug-likeness (QED) is 0.297. The highest BCUT2D eigenvalue weighted by Crippen LogP contribution is 2.52. The van der Waals surface area contributed by atoms with Gasteiger partial charge in [0, 0.05) is 22.7 Å². The van der Waals surface area contributed by atoms with Gasteiger partial charge in [0.1, 0.15) is 18.2 Å². The Hall–Kier alpha value is -3.93. The van der Waals surface area contributed by atoms with Crippen molar-refractivity contribution in [1.82, 2.24) is 0 Å². The Labute approximate surface area is 270 Å². The molecule has 3 aromatic carbocycles. The van der Waals surface area contributed by atoms with Gasteiger partial charge in [-0.3, -0.25) is 9.69 Å². The number of alkyl halides is 3. The van der Waals surface area contributed by atoms with Crippen LogP contribution in [-0.4, -0.2) is 5.78 Å². The molecule has 2 aliphatic rings. The molecule has 1 atom stereocenters. The number of aryl methyl sites for hydroxylation is 3. The summed E-state index contributed by atoms with van der Waals surface area (Å²) < 4.78 is 47.5. The lowest BCUT2D eigenvalue weighted by atomic mass is 9.68. The summed E-state index contributed by atoms with van der Waals surface area (Å²) in [5.74, 6) is -0.425. The lowest BCUT2D eigenvalue weighted by molar-refractivity contribution is -0.137. The van der Waals surface area contributed by atoms with E-state index in [1.807, 2.05) is 52.8 Å². The number of allylic oxidation sites excluding steroid dienone is 3. The molecule has 0 aromatic heterocycles. The molecule has 2 N–H and O–H groups in total. The van der Waals surface area contributed by atoms with Crippen LogP contribution in [0.5, 0.6) is 5.75 Å². The van der Waals surface area contributed by atoms with Gasteiger partial charge in [-0.25, -0.2) is 0 Å². The molecule has 0 saturated heterocycles. The van der Waals surface area contributed by atoms with E-state index in [0.29, 0.717) is 34.0 Å². The maximum atomic E-state index is 14.0. The average Bonchev–Trinajstić information content (AvgIpc) is 2.92. The Morgan fingerprint density at radius 3 is 2.38 bits per heavy atom. The van der Waals surface area contributed by atoms with E-state index in [2.05, 4.69) is 6.07 Å². The minimum atomic E-state index is -4.64. The Bertz CT molecular complexity index is 1840. The zero-order valence-corrected chi connectivity index (χ0v) is 27.0. The van der Waals surface area contributed by atoms with Crippen molar-refractivity contribution in [2.24, 2.45) is 11.1 Å². The fourth-order valence-electron chi connectivity index (χ4n) is 6.27. The molecule has 1 unspecified atom stereocenters. The van der Waals surface area contributed by atoms with Gasteiger partial charge in [0.05, 0.1) is 33.8 Å². The second-order valence-electron chi connectivity index (χ2n) is 12.5. The molecule has 0 saturated carbocycles. The van der Waals surface area contributed by atoms with Crippen LogP contribution in [0.3, 0.4) is 0 Å². The molecule has 0 amide bonds. The second-order valence-corrected chi connectivity index (χ2v) is 13.3. The monoisotopic (exact) mass is 653 g/mol. The summed E-state index contributed by atoms with van der Waals surface area (Å²) in [5, 5.41) is 11.1. The average molecular weight is 655 g/mol. The van der Waals surface area contributed by atoms with Gasteiger partial charge in [-0.15, -0.1) is 0 Å². The number of rotatable bonds is 5. The van der Waals surface area contributed by atoms with E-state index in [-0.39, 0.29) is 40.9 Å². The van der Waals surface area contributed by atoms with Crippen molar-refractivity contribution in [2.75, 3.05) is 4.90 Å². The van der Waals surface area contributed by atoms with Crippen molar-refractivity contribution in [3.8, 4) is 11.8 Å². The summed E-state index contributed by atoms with van der Waals surface area (Å²) in [6.07, 6.45) is -4.12. The zero-order chi connectivity index (χ0) is 33.0. The van der Waals surface area contributed by atoms with Crippen LogP contribution in [0.15, 0.2) is 71.2 Å². The minimum absolute atomic E-state index is 0.00723. The lowest BCUT2D eigenvalue weighted by Gasteiger charge is -2.44. The second kappa shape index (κ2) is 11.8. The van der Waals surface area contributed by atoms with Gasteiger partial charge >= 0.3 is 6.18 Å². The van der Waals surface area contributed by atoms with E-state index in [1.54, 1.807) is 12.1 Å². The van der Waals surface area contributed by atoms with Crippen LogP contribution in [0.4, 0.5) is 18.9 Å². The van der Waals surface area contributed by atoms with Crippen LogP contribution in [0.2, 0.25) is 10.0 Å². The summed E-state index contributed by atoms with van der Waals surface area (Å²) in [5.41, 5.74) is 10.3. The van der Waals surface area contributed by atoms with Crippen LogP contribution in [0.25, 0.3) is 0 Å². The number of ketones is 1. The first-order valence-corrected chi connectivity index (χ1v) is 15.1. The Morgan fingerprint density at radius 2 is 1.73 bits per heavy atom. The molecule has 5 nitrogen and oxygen atoms in total. The topological polar surface area (TPSA) is 79.4 Å². The molecule has 10 heteroatoms. The fourth-order valence-corrected chi connectivity index (χ4v) is 6.70. The van der Waals surface area contributed by atoms with E-state index >= 15 is 0 Å². The molecule has 1 aliphatic carbocycles. The number of carbonyl (C=O) groups excluding carboxylic acids is 1. The molecule has 1 heterocycles. The van der Waals surface area contributed by atoms with Crippen molar-refractivity contribution in [3.05, 3.63) is 115 Å². The molecule has 1 aliphatic heterocycles. The standard InChI is InChI=1S/C35H32Cl2F3N3O2/c1-18-10-19(2)24(12-21(18)17-45-30-9-7-23(36)11-20(30)3)31-25(16-41)33(42)43(28-14-34(4,5)15-29(44)32(28)31)27-13-22(35(38,39)40)6-8-26(27)37/h6-13,31H,14-15,17,42H2,1-5H3. The van der Waals surface area contributed by atoms with Gasteiger partial charge in [0.2, 0.25) is 0 Å². The summed E-state index contributed by atoms with van der Waals surface area (Å²) in [6.45, 7) is 9.80. The number of carbonyl (C=O) groups is 1. The third kappa shape index (κ3) is 6.16. The number of ether oxygens (including phenoxy) is 1. The Kier molecular flexibility index (Phi) is 8.50. The Morgan fingerprint density at radius 1 is 1.02 bits per heavy atom. The first-order valence-electron chi connectivity index (χ1n) is 14.3. The van der Waals surface area contributed by atoms with Crippen LogP contribution in [0.1, 0.15) is 66.0 Å². The number of benzene rings is 3. The fraction of sp³-hybridized carbons (Fsp3) is 0.314. The number of nitriles is 1. The molecule has 234 valence electrons. The van der Waals surface area contributed by atoms with Gasteiger partial charge in [-0.05, 0) is 96.8 Å². The largest absolute Gasteiger partial charge is 0.489 e. The van der Waals surface area contributed by atoms with Gasteiger partial charge in [-0.1, -0.05) is 49.2 Å². The first-order chi connectivity index (χ1) is 21.0. The van der Waals surface area contributed by atoms with E-state index in [4.69, 9.17) is 33.7 Å². The van der Waals surface area contributed by atoms with Gasteiger partial charge in [0.15, 0.2) is 5.78 Å². The van der Waals surface area contributed by atoms with Crippen molar-refractivity contribution in [1.29, 1.82) is 5.26 Å². The summed E-state index contributed by atoms with van der Waals surface area (Å²) >= 11 is 12.6. The van der Waals surface area contributed by atoms with Crippen molar-refractivity contribution in [3.63, 3.8) is 0 Å². The van der Waals surface area contributed by atoms with Crippen LogP contribution in [-0.2, 0) is 17.6 Å². The number of halogens is 5. The Balaban J connectivity index is 1.69. The highest BCUT2D eigenvalue weighted by molar-refractivity contribution is 6.33. The third-order valence-corrected chi connectivity index (χ3v) is 9.01. The predicted octanol–water partition coefficient (Wildman–Crippen LogP) is 9.46. The molecular formula is C35H32Cl2F3N3O2. The molecule has 0 radical (unpaired) electrons. The molecule has 45 heavy (non-hydrogen) atoms. The molecule has 3 aromatic rings. The summed E-state index contributed by atoms with van der Waals surface area (Å²) in [7, 11) is 0. The number of hydrogen-bond donors (Lipinski definition) is 1. The maximum absolute atomic E-state index is 14.0. The molecule has 0 bridgehead atoms. The normalized spacial score (nSPS) is 18.2. The molecule has 5 rings (SSSR count). The number of nitrogens with two attached hydrogens (primary N) is 1. The van der Waals surface area contributed by atoms with E-state index < -0.39 is 23.1 Å².